The van der Waals surface area contributed by atoms with E-state index in [9.17, 15) is 9.59 Å². The zero-order chi connectivity index (χ0) is 25.3. The highest BCUT2D eigenvalue weighted by Gasteiger charge is 2.61. The van der Waals surface area contributed by atoms with E-state index in [0.29, 0.717) is 5.75 Å². The first-order valence-corrected chi connectivity index (χ1v) is 12.8. The number of amides is 2. The standard InChI is InChI=1S/C32H26N2O3/c1-18(2)37-26-16-15-19-9-3-4-10-20(19)25(26)17-33-34-31(35)29-27-21-11-5-6-12-22(21)28(30(29)32(34)36)24-14-8-7-13-23(24)27/h3-18,27-30H,1-2H3/b33-17-/t27?,28?,29-,30+. The quantitative estimate of drug-likeness (QED) is 0.268. The van der Waals surface area contributed by atoms with Gasteiger partial charge in [-0.25, -0.2) is 0 Å². The fourth-order valence-corrected chi connectivity index (χ4v) is 6.66. The molecule has 0 radical (unpaired) electrons. The molecule has 1 saturated heterocycles. The minimum atomic E-state index is -0.446. The summed E-state index contributed by atoms with van der Waals surface area (Å²) in [5, 5.41) is 7.67. The van der Waals surface area contributed by atoms with Crippen LogP contribution in [0.4, 0.5) is 0 Å². The first kappa shape index (κ1) is 22.0. The fraction of sp³-hybridized carbons (Fsp3) is 0.219. The summed E-state index contributed by atoms with van der Waals surface area (Å²) in [5.41, 5.74) is 5.38. The molecule has 8 rings (SSSR count). The van der Waals surface area contributed by atoms with Crippen LogP contribution in [0.25, 0.3) is 10.8 Å². The van der Waals surface area contributed by atoms with Crippen LogP contribution in [0.15, 0.2) is 90.0 Å². The van der Waals surface area contributed by atoms with Crippen LogP contribution in [0.3, 0.4) is 0 Å². The molecule has 4 aromatic rings. The molecule has 0 saturated carbocycles. The average molecular weight is 487 g/mol. The van der Waals surface area contributed by atoms with E-state index in [1.54, 1.807) is 6.21 Å². The lowest BCUT2D eigenvalue weighted by Crippen LogP contribution is -2.41. The zero-order valence-electron chi connectivity index (χ0n) is 20.7. The van der Waals surface area contributed by atoms with Crippen molar-refractivity contribution < 1.29 is 14.3 Å². The van der Waals surface area contributed by atoms with Gasteiger partial charge in [0.2, 0.25) is 0 Å². The monoisotopic (exact) mass is 486 g/mol. The van der Waals surface area contributed by atoms with Crippen molar-refractivity contribution in [2.45, 2.75) is 31.8 Å². The van der Waals surface area contributed by atoms with Crippen LogP contribution in [0.5, 0.6) is 5.75 Å². The van der Waals surface area contributed by atoms with Crippen LogP contribution in [-0.2, 0) is 9.59 Å². The van der Waals surface area contributed by atoms with Crippen molar-refractivity contribution in [2.24, 2.45) is 16.9 Å². The molecule has 1 aliphatic heterocycles. The van der Waals surface area contributed by atoms with E-state index in [1.807, 2.05) is 74.5 Å². The van der Waals surface area contributed by atoms with Crippen molar-refractivity contribution in [3.8, 4) is 5.75 Å². The Morgan fingerprint density at radius 1 is 0.730 bits per heavy atom. The Morgan fingerprint density at radius 3 is 1.78 bits per heavy atom. The van der Waals surface area contributed by atoms with Crippen LogP contribution >= 0.6 is 0 Å². The van der Waals surface area contributed by atoms with Crippen molar-refractivity contribution in [3.05, 3.63) is 113 Å². The number of rotatable bonds is 4. The summed E-state index contributed by atoms with van der Waals surface area (Å²) in [6, 6.07) is 28.4. The summed E-state index contributed by atoms with van der Waals surface area (Å²) < 4.78 is 6.07. The van der Waals surface area contributed by atoms with Gasteiger partial charge in [0.1, 0.15) is 5.75 Å². The third-order valence-corrected chi connectivity index (χ3v) is 8.02. The molecule has 0 unspecified atom stereocenters. The molecular formula is C32H26N2O3. The summed E-state index contributed by atoms with van der Waals surface area (Å²) in [6.07, 6.45) is 1.59. The molecule has 0 N–H and O–H groups in total. The lowest BCUT2D eigenvalue weighted by molar-refractivity contribution is -0.139. The number of hydrogen-bond acceptors (Lipinski definition) is 4. The van der Waals surface area contributed by atoms with Gasteiger partial charge in [-0.3, -0.25) is 9.59 Å². The van der Waals surface area contributed by atoms with E-state index < -0.39 is 11.8 Å². The third-order valence-electron chi connectivity index (χ3n) is 8.02. The van der Waals surface area contributed by atoms with E-state index >= 15 is 0 Å². The molecule has 4 aliphatic rings. The highest BCUT2D eigenvalue weighted by Crippen LogP contribution is 2.61. The molecule has 4 aromatic carbocycles. The SMILES string of the molecule is CC(C)Oc1ccc2ccccc2c1/C=N\N1C(=O)[C@@H]2C3c4ccccc4C(c4ccccc43)[C@@H]2C1=O. The highest BCUT2D eigenvalue weighted by atomic mass is 16.5. The van der Waals surface area contributed by atoms with Crippen LogP contribution in [0, 0.1) is 11.8 Å². The molecule has 2 amide bonds. The van der Waals surface area contributed by atoms with Crippen LogP contribution in [-0.4, -0.2) is 29.1 Å². The van der Waals surface area contributed by atoms with E-state index in [0.717, 1.165) is 43.6 Å². The molecule has 182 valence electrons. The summed E-state index contributed by atoms with van der Waals surface area (Å²) in [6.45, 7) is 3.94. The molecule has 2 bridgehead atoms. The van der Waals surface area contributed by atoms with Gasteiger partial charge in [0.15, 0.2) is 0 Å². The predicted octanol–water partition coefficient (Wildman–Crippen LogP) is 5.85. The summed E-state index contributed by atoms with van der Waals surface area (Å²) in [7, 11) is 0. The van der Waals surface area contributed by atoms with Crippen molar-refractivity contribution in [2.75, 3.05) is 0 Å². The van der Waals surface area contributed by atoms with Gasteiger partial charge in [0.05, 0.1) is 24.2 Å². The van der Waals surface area contributed by atoms with E-state index in [4.69, 9.17) is 4.74 Å². The van der Waals surface area contributed by atoms with Crippen molar-refractivity contribution >= 4 is 28.8 Å². The minimum absolute atomic E-state index is 0.0288. The molecule has 2 atom stereocenters. The number of hydrazone groups is 1. The Balaban J connectivity index is 1.33. The van der Waals surface area contributed by atoms with Crippen molar-refractivity contribution in [3.63, 3.8) is 0 Å². The topological polar surface area (TPSA) is 59.0 Å². The Hall–Kier alpha value is -4.25. The summed E-state index contributed by atoms with van der Waals surface area (Å²) in [5.74, 6) is -0.952. The number of benzene rings is 4. The van der Waals surface area contributed by atoms with E-state index in [2.05, 4.69) is 29.4 Å². The molecule has 5 heteroatoms. The second-order valence-corrected chi connectivity index (χ2v) is 10.4. The van der Waals surface area contributed by atoms with Gasteiger partial charge in [-0.15, -0.1) is 0 Å². The number of hydrogen-bond donors (Lipinski definition) is 0. The van der Waals surface area contributed by atoms with Gasteiger partial charge in [0.25, 0.3) is 11.8 Å². The largest absolute Gasteiger partial charge is 0.490 e. The molecule has 0 aromatic heterocycles. The Labute approximate surface area is 215 Å². The van der Waals surface area contributed by atoms with Gasteiger partial charge >= 0.3 is 0 Å². The van der Waals surface area contributed by atoms with E-state index in [1.165, 1.54) is 0 Å². The molecule has 1 fully saturated rings. The lowest BCUT2D eigenvalue weighted by Gasteiger charge is -2.45. The zero-order valence-corrected chi connectivity index (χ0v) is 20.7. The van der Waals surface area contributed by atoms with E-state index in [-0.39, 0.29) is 29.8 Å². The molecule has 3 aliphatic carbocycles. The van der Waals surface area contributed by atoms with Gasteiger partial charge in [0, 0.05) is 17.4 Å². The Bertz CT molecular complexity index is 1510. The van der Waals surface area contributed by atoms with Crippen molar-refractivity contribution in [1.82, 2.24) is 5.01 Å². The number of ether oxygens (including phenoxy) is 1. The molecule has 0 spiro atoms. The number of nitrogens with zero attached hydrogens (tertiary/aromatic N) is 2. The summed E-state index contributed by atoms with van der Waals surface area (Å²) >= 11 is 0. The first-order chi connectivity index (χ1) is 18.0. The summed E-state index contributed by atoms with van der Waals surface area (Å²) in [4.78, 5) is 27.7. The van der Waals surface area contributed by atoms with Crippen molar-refractivity contribution in [1.29, 1.82) is 0 Å². The second kappa shape index (κ2) is 8.13. The number of carbonyl (C=O) groups excluding carboxylic acids is 2. The second-order valence-electron chi connectivity index (χ2n) is 10.4. The smallest absolute Gasteiger partial charge is 0.254 e. The van der Waals surface area contributed by atoms with Gasteiger partial charge in [-0.05, 0) is 52.9 Å². The van der Waals surface area contributed by atoms with Crippen LogP contribution < -0.4 is 4.74 Å². The van der Waals surface area contributed by atoms with Gasteiger partial charge < -0.3 is 4.74 Å². The number of carbonyl (C=O) groups is 2. The molecular weight excluding hydrogens is 460 g/mol. The molecule has 1 heterocycles. The highest BCUT2D eigenvalue weighted by molar-refractivity contribution is 6.09. The normalized spacial score (nSPS) is 23.6. The van der Waals surface area contributed by atoms with Gasteiger partial charge in [-0.2, -0.15) is 10.1 Å². The predicted molar refractivity (Wildman–Crippen MR) is 143 cm³/mol. The minimum Gasteiger partial charge on any atom is -0.490 e. The fourth-order valence-electron chi connectivity index (χ4n) is 6.66. The molecule has 5 nitrogen and oxygen atoms in total. The number of fused-ring (bicyclic) bond motifs is 1. The molecule has 37 heavy (non-hydrogen) atoms. The Kier molecular flexibility index (Phi) is 4.83. The maximum Gasteiger partial charge on any atom is 0.254 e. The maximum atomic E-state index is 13.9. The van der Waals surface area contributed by atoms with Gasteiger partial charge in [-0.1, -0.05) is 78.9 Å². The third kappa shape index (κ3) is 3.13. The Morgan fingerprint density at radius 2 is 1.24 bits per heavy atom. The first-order valence-electron chi connectivity index (χ1n) is 12.8. The van der Waals surface area contributed by atoms with Crippen LogP contribution in [0.2, 0.25) is 0 Å². The maximum absolute atomic E-state index is 13.9. The average Bonchev–Trinajstić information content (AvgIpc) is 3.17. The number of imide groups is 1. The van der Waals surface area contributed by atoms with Crippen LogP contribution in [0.1, 0.15) is 53.5 Å². The lowest BCUT2D eigenvalue weighted by atomic mass is 9.55.